The molecule has 0 saturated carbocycles. The molecule has 0 spiro atoms. The Kier molecular flexibility index (Phi) is 3.08. The molecule has 2 amide bonds. The Bertz CT molecular complexity index is 442. The summed E-state index contributed by atoms with van der Waals surface area (Å²) >= 11 is 0. The number of rotatable bonds is 2. The highest BCUT2D eigenvalue weighted by Gasteiger charge is 2.28. The topological polar surface area (TPSA) is 94.1 Å². The molecule has 2 N–H and O–H groups in total. The molecule has 0 radical (unpaired) electrons. The van der Waals surface area contributed by atoms with Crippen LogP contribution in [0.2, 0.25) is 0 Å². The molecule has 0 bridgehead atoms. The van der Waals surface area contributed by atoms with E-state index in [-0.39, 0.29) is 17.7 Å². The number of carbonyl (C=O) groups is 2. The van der Waals surface area contributed by atoms with Gasteiger partial charge in [-0.2, -0.15) is 0 Å². The molecule has 1 saturated heterocycles. The van der Waals surface area contributed by atoms with Gasteiger partial charge in [0.05, 0.1) is 12.1 Å². The molecule has 0 aliphatic carbocycles. The lowest BCUT2D eigenvalue weighted by atomic mass is 9.97. The second kappa shape index (κ2) is 4.52. The van der Waals surface area contributed by atoms with E-state index < -0.39 is 0 Å². The second-order valence-electron chi connectivity index (χ2n) is 4.27. The van der Waals surface area contributed by atoms with Crippen LogP contribution in [0.3, 0.4) is 0 Å². The number of aryl methyl sites for hydroxylation is 1. The highest BCUT2D eigenvalue weighted by atomic mass is 16.2. The van der Waals surface area contributed by atoms with Gasteiger partial charge in [-0.25, -0.2) is 0 Å². The molecular formula is C10H15N5O2. The molecule has 1 aliphatic heterocycles. The van der Waals surface area contributed by atoms with E-state index in [2.05, 4.69) is 10.3 Å². The molecule has 2 rings (SSSR count). The number of nitrogens with zero attached hydrogens (tertiary/aromatic N) is 4. The highest BCUT2D eigenvalue weighted by molar-refractivity contribution is 5.92. The van der Waals surface area contributed by atoms with Gasteiger partial charge in [-0.1, -0.05) is 5.21 Å². The van der Waals surface area contributed by atoms with Crippen molar-refractivity contribution in [2.75, 3.05) is 13.1 Å². The molecule has 1 aromatic heterocycles. The number of likely N-dealkylation sites (tertiary alicyclic amines) is 1. The van der Waals surface area contributed by atoms with Gasteiger partial charge in [0.15, 0.2) is 5.69 Å². The van der Waals surface area contributed by atoms with Crippen molar-refractivity contribution in [3.8, 4) is 0 Å². The van der Waals surface area contributed by atoms with Crippen molar-refractivity contribution < 1.29 is 9.59 Å². The van der Waals surface area contributed by atoms with Gasteiger partial charge >= 0.3 is 0 Å². The number of aromatic nitrogens is 3. The predicted molar refractivity (Wildman–Crippen MR) is 58.8 cm³/mol. The summed E-state index contributed by atoms with van der Waals surface area (Å²) in [5, 5.41) is 7.48. The fraction of sp³-hybridized carbons (Fsp3) is 0.600. The van der Waals surface area contributed by atoms with Crippen LogP contribution in [0.25, 0.3) is 0 Å². The van der Waals surface area contributed by atoms with Crippen LogP contribution in [0, 0.1) is 5.92 Å². The van der Waals surface area contributed by atoms with Gasteiger partial charge in [-0.15, -0.1) is 5.10 Å². The Morgan fingerprint density at radius 3 is 2.88 bits per heavy atom. The molecule has 1 unspecified atom stereocenters. The van der Waals surface area contributed by atoms with Crippen LogP contribution in [0.5, 0.6) is 0 Å². The van der Waals surface area contributed by atoms with Crippen molar-refractivity contribution in [1.29, 1.82) is 0 Å². The molecule has 7 heteroatoms. The predicted octanol–water partition coefficient (Wildman–Crippen LogP) is -0.847. The summed E-state index contributed by atoms with van der Waals surface area (Å²) in [6, 6.07) is 0. The number of primary amides is 1. The number of piperidine rings is 1. The van der Waals surface area contributed by atoms with E-state index in [0.29, 0.717) is 18.8 Å². The standard InChI is InChI=1S/C10H15N5O2/c1-14-6-8(12-13-14)10(17)15-4-2-3-7(5-15)9(11)16/h6-7H,2-5H2,1H3,(H2,11,16). The van der Waals surface area contributed by atoms with Crippen LogP contribution in [0.1, 0.15) is 23.3 Å². The zero-order chi connectivity index (χ0) is 12.4. The Hall–Kier alpha value is -1.92. The lowest BCUT2D eigenvalue weighted by Gasteiger charge is -2.30. The number of hydrogen-bond acceptors (Lipinski definition) is 4. The van der Waals surface area contributed by atoms with Crippen LogP contribution in [0.15, 0.2) is 6.20 Å². The number of amides is 2. The summed E-state index contributed by atoms with van der Waals surface area (Å²) in [4.78, 5) is 24.8. The summed E-state index contributed by atoms with van der Waals surface area (Å²) < 4.78 is 1.47. The minimum Gasteiger partial charge on any atom is -0.369 e. The Morgan fingerprint density at radius 2 is 2.29 bits per heavy atom. The van der Waals surface area contributed by atoms with Crippen molar-refractivity contribution in [2.24, 2.45) is 18.7 Å². The average molecular weight is 237 g/mol. The van der Waals surface area contributed by atoms with Gasteiger partial charge in [-0.05, 0) is 12.8 Å². The SMILES string of the molecule is Cn1cc(C(=O)N2CCCC(C(N)=O)C2)nn1. The maximum atomic E-state index is 12.0. The van der Waals surface area contributed by atoms with Crippen LogP contribution in [0.4, 0.5) is 0 Å². The summed E-state index contributed by atoms with van der Waals surface area (Å²) in [6.45, 7) is 1.02. The number of nitrogens with two attached hydrogens (primary N) is 1. The smallest absolute Gasteiger partial charge is 0.276 e. The third kappa shape index (κ3) is 2.43. The maximum absolute atomic E-state index is 12.0. The van der Waals surface area contributed by atoms with E-state index in [1.165, 1.54) is 4.68 Å². The van der Waals surface area contributed by atoms with E-state index in [1.54, 1.807) is 18.1 Å². The van der Waals surface area contributed by atoms with E-state index >= 15 is 0 Å². The van der Waals surface area contributed by atoms with Crippen molar-refractivity contribution in [3.63, 3.8) is 0 Å². The van der Waals surface area contributed by atoms with Crippen molar-refractivity contribution in [1.82, 2.24) is 19.9 Å². The van der Waals surface area contributed by atoms with E-state index in [9.17, 15) is 9.59 Å². The third-order valence-electron chi connectivity index (χ3n) is 2.93. The van der Waals surface area contributed by atoms with Gasteiger partial charge in [-0.3, -0.25) is 14.3 Å². The van der Waals surface area contributed by atoms with Crippen LogP contribution < -0.4 is 5.73 Å². The minimum absolute atomic E-state index is 0.191. The molecule has 2 heterocycles. The molecule has 1 atom stereocenters. The molecule has 1 fully saturated rings. The van der Waals surface area contributed by atoms with Crippen molar-refractivity contribution in [2.45, 2.75) is 12.8 Å². The fourth-order valence-electron chi connectivity index (χ4n) is 2.00. The van der Waals surface area contributed by atoms with Gasteiger partial charge in [0, 0.05) is 20.1 Å². The first kappa shape index (κ1) is 11.6. The monoisotopic (exact) mass is 237 g/mol. The van der Waals surface area contributed by atoms with E-state index in [1.807, 2.05) is 0 Å². The molecule has 92 valence electrons. The Morgan fingerprint density at radius 1 is 1.53 bits per heavy atom. The zero-order valence-corrected chi connectivity index (χ0v) is 9.67. The Labute approximate surface area is 98.6 Å². The molecule has 1 aliphatic rings. The average Bonchev–Trinajstić information content (AvgIpc) is 2.75. The fourth-order valence-corrected chi connectivity index (χ4v) is 2.00. The first-order valence-electron chi connectivity index (χ1n) is 5.53. The normalized spacial score (nSPS) is 20.3. The highest BCUT2D eigenvalue weighted by Crippen LogP contribution is 2.17. The zero-order valence-electron chi connectivity index (χ0n) is 9.67. The lowest BCUT2D eigenvalue weighted by Crippen LogP contribution is -2.44. The first-order chi connectivity index (χ1) is 8.08. The number of hydrogen-bond donors (Lipinski definition) is 1. The molecule has 0 aromatic carbocycles. The second-order valence-corrected chi connectivity index (χ2v) is 4.27. The Balaban J connectivity index is 2.07. The first-order valence-corrected chi connectivity index (χ1v) is 5.53. The molecule has 7 nitrogen and oxygen atoms in total. The van der Waals surface area contributed by atoms with Crippen molar-refractivity contribution in [3.05, 3.63) is 11.9 Å². The summed E-state index contributed by atoms with van der Waals surface area (Å²) in [5.41, 5.74) is 5.57. The van der Waals surface area contributed by atoms with Gasteiger partial charge in [0.2, 0.25) is 5.91 Å². The van der Waals surface area contributed by atoms with Crippen LogP contribution in [-0.2, 0) is 11.8 Å². The molecular weight excluding hydrogens is 222 g/mol. The number of carbonyl (C=O) groups excluding carboxylic acids is 2. The minimum atomic E-state index is -0.346. The summed E-state index contributed by atoms with van der Waals surface area (Å²) in [7, 11) is 1.70. The third-order valence-corrected chi connectivity index (χ3v) is 2.93. The largest absolute Gasteiger partial charge is 0.369 e. The van der Waals surface area contributed by atoms with Crippen molar-refractivity contribution >= 4 is 11.8 Å². The van der Waals surface area contributed by atoms with E-state index in [4.69, 9.17) is 5.73 Å². The van der Waals surface area contributed by atoms with Crippen LogP contribution >= 0.6 is 0 Å². The van der Waals surface area contributed by atoms with Gasteiger partial charge < -0.3 is 10.6 Å². The molecule has 1 aromatic rings. The van der Waals surface area contributed by atoms with Gasteiger partial charge in [0.25, 0.3) is 5.91 Å². The molecule has 17 heavy (non-hydrogen) atoms. The summed E-state index contributed by atoms with van der Waals surface area (Å²) in [5.74, 6) is -0.782. The quantitative estimate of drug-likeness (QED) is 0.725. The summed E-state index contributed by atoms with van der Waals surface area (Å²) in [6.07, 6.45) is 3.11. The van der Waals surface area contributed by atoms with Gasteiger partial charge in [0.1, 0.15) is 0 Å². The maximum Gasteiger partial charge on any atom is 0.276 e. The lowest BCUT2D eigenvalue weighted by molar-refractivity contribution is -0.123. The van der Waals surface area contributed by atoms with E-state index in [0.717, 1.165) is 12.8 Å². The van der Waals surface area contributed by atoms with Crippen LogP contribution in [-0.4, -0.2) is 44.8 Å².